The van der Waals surface area contributed by atoms with Gasteiger partial charge in [-0.1, -0.05) is 22.4 Å². The Kier molecular flexibility index (Phi) is 7.00. The maximum Gasteiger partial charge on any atom is 0.123 e. The van der Waals surface area contributed by atoms with E-state index in [0.717, 1.165) is 29.4 Å². The molecule has 4 heteroatoms. The van der Waals surface area contributed by atoms with E-state index in [1.54, 1.807) is 7.11 Å². The number of hydrogen-bond acceptors (Lipinski definition) is 3. The van der Waals surface area contributed by atoms with Crippen molar-refractivity contribution in [3.05, 3.63) is 28.2 Å². The molecule has 2 rings (SSSR count). The highest BCUT2D eigenvalue weighted by atomic mass is 79.9. The molecule has 1 aliphatic rings. The van der Waals surface area contributed by atoms with Gasteiger partial charge in [0.1, 0.15) is 5.75 Å². The summed E-state index contributed by atoms with van der Waals surface area (Å²) in [5, 5.41) is 3.53. The largest absolute Gasteiger partial charge is 0.496 e. The van der Waals surface area contributed by atoms with E-state index in [0.29, 0.717) is 0 Å². The Balaban J connectivity index is 1.69. The van der Waals surface area contributed by atoms with Crippen LogP contribution in [0.1, 0.15) is 38.2 Å². The third-order valence-electron chi connectivity index (χ3n) is 4.30. The number of piperidine rings is 1. The third kappa shape index (κ3) is 5.28. The molecule has 1 unspecified atom stereocenters. The average Bonchev–Trinajstić information content (AvgIpc) is 2.49. The van der Waals surface area contributed by atoms with Gasteiger partial charge in [-0.25, -0.2) is 0 Å². The summed E-state index contributed by atoms with van der Waals surface area (Å²) in [5.74, 6) is 0.954. The van der Waals surface area contributed by atoms with E-state index < -0.39 is 0 Å². The van der Waals surface area contributed by atoms with Crippen LogP contribution in [-0.4, -0.2) is 37.7 Å². The number of nitrogens with zero attached hydrogens (tertiary/aromatic N) is 1. The molecule has 0 spiro atoms. The van der Waals surface area contributed by atoms with Crippen molar-refractivity contribution in [2.45, 2.75) is 45.2 Å². The SMILES string of the molecule is COc1ccc(Br)cc1CNCCCN1CCCCC1C. The van der Waals surface area contributed by atoms with Crippen molar-refractivity contribution in [3.63, 3.8) is 0 Å². The quantitative estimate of drug-likeness (QED) is 0.753. The standard InChI is InChI=1S/C17H27BrN2O/c1-14-6-3-4-10-20(14)11-5-9-19-13-15-12-16(18)7-8-17(15)21-2/h7-8,12,14,19H,3-6,9-11,13H2,1-2H3. The Morgan fingerprint density at radius 2 is 2.24 bits per heavy atom. The molecular weight excluding hydrogens is 328 g/mol. The molecule has 1 aromatic rings. The van der Waals surface area contributed by atoms with E-state index in [1.807, 2.05) is 12.1 Å². The minimum Gasteiger partial charge on any atom is -0.496 e. The van der Waals surface area contributed by atoms with Gasteiger partial charge >= 0.3 is 0 Å². The minimum atomic E-state index is 0.768. The molecule has 1 saturated heterocycles. The molecule has 1 heterocycles. The number of likely N-dealkylation sites (tertiary alicyclic amines) is 1. The first-order valence-corrected chi connectivity index (χ1v) is 8.77. The van der Waals surface area contributed by atoms with Crippen LogP contribution in [-0.2, 0) is 6.54 Å². The van der Waals surface area contributed by atoms with Crippen LogP contribution in [0.3, 0.4) is 0 Å². The Labute approximate surface area is 137 Å². The van der Waals surface area contributed by atoms with Gasteiger partial charge in [-0.3, -0.25) is 0 Å². The number of benzene rings is 1. The van der Waals surface area contributed by atoms with Gasteiger partial charge < -0.3 is 15.0 Å². The molecule has 0 aromatic heterocycles. The molecule has 0 radical (unpaired) electrons. The van der Waals surface area contributed by atoms with E-state index in [2.05, 4.69) is 39.1 Å². The van der Waals surface area contributed by atoms with E-state index in [4.69, 9.17) is 4.74 Å². The van der Waals surface area contributed by atoms with E-state index in [1.165, 1.54) is 44.3 Å². The fourth-order valence-electron chi connectivity index (χ4n) is 3.01. The summed E-state index contributed by atoms with van der Waals surface area (Å²) >= 11 is 3.52. The van der Waals surface area contributed by atoms with Crippen molar-refractivity contribution < 1.29 is 4.74 Å². The second kappa shape index (κ2) is 8.76. The zero-order valence-electron chi connectivity index (χ0n) is 13.2. The van der Waals surface area contributed by atoms with Crippen LogP contribution < -0.4 is 10.1 Å². The van der Waals surface area contributed by atoms with Crippen molar-refractivity contribution in [2.75, 3.05) is 26.7 Å². The van der Waals surface area contributed by atoms with Gasteiger partial charge in [-0.05, 0) is 64.0 Å². The second-order valence-electron chi connectivity index (χ2n) is 5.87. The fourth-order valence-corrected chi connectivity index (χ4v) is 3.41. The first-order chi connectivity index (χ1) is 10.2. The van der Waals surface area contributed by atoms with Crippen molar-refractivity contribution in [2.24, 2.45) is 0 Å². The highest BCUT2D eigenvalue weighted by Gasteiger charge is 2.16. The molecule has 1 N–H and O–H groups in total. The Morgan fingerprint density at radius 1 is 1.38 bits per heavy atom. The van der Waals surface area contributed by atoms with E-state index >= 15 is 0 Å². The molecule has 21 heavy (non-hydrogen) atoms. The van der Waals surface area contributed by atoms with Crippen molar-refractivity contribution in [1.82, 2.24) is 10.2 Å². The predicted octanol–water partition coefficient (Wildman–Crippen LogP) is 3.81. The Hall–Kier alpha value is -0.580. The summed E-state index contributed by atoms with van der Waals surface area (Å²) in [6.45, 7) is 6.76. The lowest BCUT2D eigenvalue weighted by atomic mass is 10.0. The molecule has 0 amide bonds. The average molecular weight is 355 g/mol. The van der Waals surface area contributed by atoms with Gasteiger partial charge in [-0.2, -0.15) is 0 Å². The lowest BCUT2D eigenvalue weighted by molar-refractivity contribution is 0.159. The minimum absolute atomic E-state index is 0.768. The van der Waals surface area contributed by atoms with E-state index in [-0.39, 0.29) is 0 Å². The van der Waals surface area contributed by atoms with Crippen LogP contribution >= 0.6 is 15.9 Å². The molecule has 118 valence electrons. The van der Waals surface area contributed by atoms with Crippen LogP contribution in [0.2, 0.25) is 0 Å². The lowest BCUT2D eigenvalue weighted by Gasteiger charge is -2.33. The van der Waals surface area contributed by atoms with Crippen molar-refractivity contribution in [3.8, 4) is 5.75 Å². The summed E-state index contributed by atoms with van der Waals surface area (Å²) in [5.41, 5.74) is 1.21. The number of hydrogen-bond donors (Lipinski definition) is 1. The first kappa shape index (κ1) is 16.8. The molecule has 1 aliphatic heterocycles. The number of ether oxygens (including phenoxy) is 1. The van der Waals surface area contributed by atoms with Crippen LogP contribution in [0, 0.1) is 0 Å². The van der Waals surface area contributed by atoms with Crippen molar-refractivity contribution in [1.29, 1.82) is 0 Å². The Morgan fingerprint density at radius 3 is 3.00 bits per heavy atom. The maximum atomic E-state index is 5.40. The monoisotopic (exact) mass is 354 g/mol. The zero-order chi connectivity index (χ0) is 15.1. The van der Waals surface area contributed by atoms with Crippen LogP contribution in [0.15, 0.2) is 22.7 Å². The zero-order valence-corrected chi connectivity index (χ0v) is 14.8. The lowest BCUT2D eigenvalue weighted by Crippen LogP contribution is -2.38. The van der Waals surface area contributed by atoms with E-state index in [9.17, 15) is 0 Å². The van der Waals surface area contributed by atoms with Crippen molar-refractivity contribution >= 4 is 15.9 Å². The first-order valence-electron chi connectivity index (χ1n) is 7.98. The number of rotatable bonds is 7. The Bertz CT molecular complexity index is 439. The molecule has 1 atom stereocenters. The molecule has 1 fully saturated rings. The normalized spacial score (nSPS) is 19.7. The van der Waals surface area contributed by atoms with Gasteiger partial charge in [0.15, 0.2) is 0 Å². The van der Waals surface area contributed by atoms with Gasteiger partial charge in [0, 0.05) is 22.6 Å². The van der Waals surface area contributed by atoms with Gasteiger partial charge in [-0.15, -0.1) is 0 Å². The number of nitrogens with one attached hydrogen (secondary N) is 1. The summed E-state index contributed by atoms with van der Waals surface area (Å²) in [6, 6.07) is 6.92. The summed E-state index contributed by atoms with van der Waals surface area (Å²) < 4.78 is 6.50. The van der Waals surface area contributed by atoms with Crippen LogP contribution in [0.4, 0.5) is 0 Å². The van der Waals surface area contributed by atoms with Crippen LogP contribution in [0.25, 0.3) is 0 Å². The fraction of sp³-hybridized carbons (Fsp3) is 0.647. The number of methoxy groups -OCH3 is 1. The molecular formula is C17H27BrN2O. The molecule has 0 saturated carbocycles. The maximum absolute atomic E-state index is 5.40. The number of halogens is 1. The second-order valence-corrected chi connectivity index (χ2v) is 6.78. The van der Waals surface area contributed by atoms with Gasteiger partial charge in [0.25, 0.3) is 0 Å². The molecule has 1 aromatic carbocycles. The topological polar surface area (TPSA) is 24.5 Å². The summed E-state index contributed by atoms with van der Waals surface area (Å²) in [4.78, 5) is 2.63. The highest BCUT2D eigenvalue weighted by molar-refractivity contribution is 9.10. The summed E-state index contributed by atoms with van der Waals surface area (Å²) in [7, 11) is 1.73. The predicted molar refractivity (Wildman–Crippen MR) is 91.9 cm³/mol. The smallest absolute Gasteiger partial charge is 0.123 e. The van der Waals surface area contributed by atoms with Gasteiger partial charge in [0.05, 0.1) is 7.11 Å². The molecule has 0 aliphatic carbocycles. The molecule has 3 nitrogen and oxygen atoms in total. The molecule has 0 bridgehead atoms. The van der Waals surface area contributed by atoms with Gasteiger partial charge in [0.2, 0.25) is 0 Å². The third-order valence-corrected chi connectivity index (χ3v) is 4.79. The van der Waals surface area contributed by atoms with Crippen LogP contribution in [0.5, 0.6) is 5.75 Å². The summed E-state index contributed by atoms with van der Waals surface area (Å²) in [6.07, 6.45) is 5.34. The highest BCUT2D eigenvalue weighted by Crippen LogP contribution is 2.22.